The van der Waals surface area contributed by atoms with Gasteiger partial charge in [-0.1, -0.05) is 30.3 Å². The van der Waals surface area contributed by atoms with Gasteiger partial charge < -0.3 is 13.9 Å². The number of furan rings is 1. The first-order valence-electron chi connectivity index (χ1n) is 8.68. The van der Waals surface area contributed by atoms with E-state index in [-0.39, 0.29) is 5.76 Å². The van der Waals surface area contributed by atoms with E-state index in [1.54, 1.807) is 24.3 Å². The number of hydrogen-bond acceptors (Lipinski definition) is 6. The maximum absolute atomic E-state index is 12.0. The Labute approximate surface area is 166 Å². The van der Waals surface area contributed by atoms with Gasteiger partial charge in [-0.25, -0.2) is 4.79 Å². The maximum atomic E-state index is 12.0. The van der Waals surface area contributed by atoms with Gasteiger partial charge in [0.15, 0.2) is 12.4 Å². The van der Waals surface area contributed by atoms with E-state index in [0.717, 1.165) is 11.3 Å². The lowest BCUT2D eigenvalue weighted by molar-refractivity contribution is -0.125. The third-order valence-corrected chi connectivity index (χ3v) is 3.73. The van der Waals surface area contributed by atoms with E-state index in [4.69, 9.17) is 13.9 Å². The van der Waals surface area contributed by atoms with Crippen molar-refractivity contribution in [2.45, 2.75) is 6.61 Å². The lowest BCUT2D eigenvalue weighted by atomic mass is 10.1. The molecule has 0 atom stereocenters. The third kappa shape index (κ3) is 5.96. The summed E-state index contributed by atoms with van der Waals surface area (Å²) in [7, 11) is 0. The maximum Gasteiger partial charge on any atom is 0.338 e. The number of esters is 1. The molecular weight excluding hydrogens is 376 g/mol. The molecule has 0 aliphatic carbocycles. The van der Waals surface area contributed by atoms with Crippen molar-refractivity contribution in [3.63, 3.8) is 0 Å². The molecular formula is C21H18N2O6. The molecule has 0 saturated carbocycles. The topological polar surface area (TPSA) is 107 Å². The van der Waals surface area contributed by atoms with Gasteiger partial charge in [0, 0.05) is 0 Å². The summed E-state index contributed by atoms with van der Waals surface area (Å²) in [6.07, 6.45) is 1.33. The molecule has 0 aliphatic heterocycles. The largest absolute Gasteiger partial charge is 0.489 e. The highest BCUT2D eigenvalue weighted by molar-refractivity contribution is 5.94. The van der Waals surface area contributed by atoms with E-state index in [1.807, 2.05) is 30.3 Å². The first-order chi connectivity index (χ1) is 14.1. The molecule has 0 unspecified atom stereocenters. The van der Waals surface area contributed by atoms with Crippen LogP contribution < -0.4 is 15.6 Å². The Kier molecular flexibility index (Phi) is 6.62. The Morgan fingerprint density at radius 3 is 2.31 bits per heavy atom. The fourth-order valence-corrected chi connectivity index (χ4v) is 2.27. The zero-order valence-electron chi connectivity index (χ0n) is 15.3. The van der Waals surface area contributed by atoms with E-state index in [0.29, 0.717) is 12.2 Å². The number of carbonyl (C=O) groups excluding carboxylic acids is 3. The number of amides is 2. The smallest absolute Gasteiger partial charge is 0.338 e. The molecule has 148 valence electrons. The minimum Gasteiger partial charge on any atom is -0.489 e. The van der Waals surface area contributed by atoms with E-state index in [2.05, 4.69) is 10.9 Å². The zero-order chi connectivity index (χ0) is 20.5. The van der Waals surface area contributed by atoms with Crippen molar-refractivity contribution in [1.29, 1.82) is 0 Å². The molecule has 0 spiro atoms. The van der Waals surface area contributed by atoms with Gasteiger partial charge >= 0.3 is 11.9 Å². The van der Waals surface area contributed by atoms with Gasteiger partial charge in [-0.05, 0) is 42.0 Å². The van der Waals surface area contributed by atoms with Crippen molar-refractivity contribution >= 4 is 17.8 Å². The Morgan fingerprint density at radius 1 is 0.862 bits per heavy atom. The normalized spacial score (nSPS) is 10.1. The molecule has 0 radical (unpaired) electrons. The Morgan fingerprint density at radius 2 is 1.62 bits per heavy atom. The van der Waals surface area contributed by atoms with Crippen molar-refractivity contribution < 1.29 is 28.3 Å². The zero-order valence-corrected chi connectivity index (χ0v) is 15.3. The number of hydrogen-bond donors (Lipinski definition) is 2. The molecule has 8 heteroatoms. The lowest BCUT2D eigenvalue weighted by Crippen LogP contribution is -2.43. The van der Waals surface area contributed by atoms with Crippen LogP contribution in [0.5, 0.6) is 5.75 Å². The molecule has 1 aromatic heterocycles. The lowest BCUT2D eigenvalue weighted by Gasteiger charge is -2.08. The average molecular weight is 394 g/mol. The second-order valence-electron chi connectivity index (χ2n) is 5.85. The van der Waals surface area contributed by atoms with Crippen LogP contribution in [0, 0.1) is 0 Å². The van der Waals surface area contributed by atoms with Crippen molar-refractivity contribution in [3.05, 3.63) is 89.9 Å². The first-order valence-corrected chi connectivity index (χ1v) is 8.68. The molecule has 2 amide bonds. The van der Waals surface area contributed by atoms with Gasteiger partial charge in [0.25, 0.3) is 5.91 Å². The number of carbonyl (C=O) groups is 3. The highest BCUT2D eigenvalue weighted by Gasteiger charge is 2.12. The summed E-state index contributed by atoms with van der Waals surface area (Å²) in [5, 5.41) is 0. The van der Waals surface area contributed by atoms with Crippen molar-refractivity contribution in [2.24, 2.45) is 0 Å². The number of rotatable bonds is 7. The highest BCUT2D eigenvalue weighted by Crippen LogP contribution is 2.12. The van der Waals surface area contributed by atoms with E-state index < -0.39 is 24.4 Å². The molecule has 0 bridgehead atoms. The number of para-hydroxylation sites is 1. The fraction of sp³-hybridized carbons (Fsp3) is 0.0952. The summed E-state index contributed by atoms with van der Waals surface area (Å²) in [5.41, 5.74) is 5.44. The summed E-state index contributed by atoms with van der Waals surface area (Å²) in [6, 6.07) is 19.0. The SMILES string of the molecule is O=C(COC(=O)c1ccc(COc2ccccc2)cc1)NNC(=O)c1ccco1. The Bertz CT molecular complexity index is 953. The van der Waals surface area contributed by atoms with Crippen LogP contribution >= 0.6 is 0 Å². The van der Waals surface area contributed by atoms with Crippen LogP contribution in [0.15, 0.2) is 77.4 Å². The molecule has 2 N–H and O–H groups in total. The minimum atomic E-state index is -0.689. The van der Waals surface area contributed by atoms with Crippen LogP contribution in [0.2, 0.25) is 0 Å². The average Bonchev–Trinajstić information content (AvgIpc) is 3.30. The quantitative estimate of drug-likeness (QED) is 0.471. The van der Waals surface area contributed by atoms with Crippen molar-refractivity contribution in [3.8, 4) is 5.75 Å². The van der Waals surface area contributed by atoms with E-state index >= 15 is 0 Å². The summed E-state index contributed by atoms with van der Waals surface area (Å²) >= 11 is 0. The van der Waals surface area contributed by atoms with Crippen LogP contribution in [0.3, 0.4) is 0 Å². The van der Waals surface area contributed by atoms with Crippen molar-refractivity contribution in [2.75, 3.05) is 6.61 Å². The fourth-order valence-electron chi connectivity index (χ4n) is 2.27. The number of ether oxygens (including phenoxy) is 2. The molecule has 0 saturated heterocycles. The second kappa shape index (κ2) is 9.75. The third-order valence-electron chi connectivity index (χ3n) is 3.73. The van der Waals surface area contributed by atoms with Gasteiger partial charge in [-0.15, -0.1) is 0 Å². The standard InChI is InChI=1S/C21H18N2O6/c24-19(22-23-20(25)18-7-4-12-27-18)14-29-21(26)16-10-8-15(9-11-16)13-28-17-5-2-1-3-6-17/h1-12H,13-14H2,(H,22,24)(H,23,25). The minimum absolute atomic E-state index is 0.0404. The molecule has 0 fully saturated rings. The molecule has 3 rings (SSSR count). The first kappa shape index (κ1) is 19.7. The summed E-state index contributed by atoms with van der Waals surface area (Å²) in [4.78, 5) is 35.3. The predicted molar refractivity (Wildman–Crippen MR) is 102 cm³/mol. The Balaban J connectivity index is 1.40. The molecule has 8 nitrogen and oxygen atoms in total. The monoisotopic (exact) mass is 394 g/mol. The summed E-state index contributed by atoms with van der Waals surface area (Å²) < 4.78 is 15.4. The van der Waals surface area contributed by atoms with Crippen LogP contribution in [-0.2, 0) is 16.1 Å². The highest BCUT2D eigenvalue weighted by atomic mass is 16.5. The molecule has 3 aromatic rings. The van der Waals surface area contributed by atoms with Gasteiger partial charge in [-0.3, -0.25) is 20.4 Å². The second-order valence-corrected chi connectivity index (χ2v) is 5.85. The Hall–Kier alpha value is -4.07. The van der Waals surface area contributed by atoms with Crippen LogP contribution in [0.1, 0.15) is 26.5 Å². The number of hydrazine groups is 1. The molecule has 29 heavy (non-hydrogen) atoms. The van der Waals surface area contributed by atoms with Crippen LogP contribution in [0.25, 0.3) is 0 Å². The van der Waals surface area contributed by atoms with E-state index in [1.165, 1.54) is 18.4 Å². The molecule has 1 heterocycles. The predicted octanol–water partition coefficient (Wildman–Crippen LogP) is 2.48. The molecule has 0 aliphatic rings. The van der Waals surface area contributed by atoms with E-state index in [9.17, 15) is 14.4 Å². The van der Waals surface area contributed by atoms with Gasteiger partial charge in [0.1, 0.15) is 12.4 Å². The van der Waals surface area contributed by atoms with Gasteiger partial charge in [0.2, 0.25) is 0 Å². The van der Waals surface area contributed by atoms with Gasteiger partial charge in [-0.2, -0.15) is 0 Å². The number of benzene rings is 2. The molecule has 2 aromatic carbocycles. The van der Waals surface area contributed by atoms with Crippen LogP contribution in [-0.4, -0.2) is 24.4 Å². The van der Waals surface area contributed by atoms with Crippen molar-refractivity contribution in [1.82, 2.24) is 10.9 Å². The summed E-state index contributed by atoms with van der Waals surface area (Å²) in [6.45, 7) is -0.187. The van der Waals surface area contributed by atoms with Gasteiger partial charge in [0.05, 0.1) is 11.8 Å². The summed E-state index contributed by atoms with van der Waals surface area (Å²) in [5.74, 6) is -1.18. The number of nitrogens with one attached hydrogen (secondary N) is 2. The van der Waals surface area contributed by atoms with Crippen LogP contribution in [0.4, 0.5) is 0 Å².